The number of rotatable bonds is 6. The molecule has 2 aliphatic rings. The van der Waals surface area contributed by atoms with Crippen molar-refractivity contribution in [3.63, 3.8) is 0 Å². The van der Waals surface area contributed by atoms with E-state index >= 15 is 0 Å². The van der Waals surface area contributed by atoms with Crippen molar-refractivity contribution < 1.29 is 9.53 Å². The molecule has 0 aromatic heterocycles. The summed E-state index contributed by atoms with van der Waals surface area (Å²) in [6, 6.07) is 15.1. The van der Waals surface area contributed by atoms with E-state index in [0.29, 0.717) is 13.2 Å². The van der Waals surface area contributed by atoms with Gasteiger partial charge < -0.3 is 10.1 Å². The maximum Gasteiger partial charge on any atom is 0.234 e. The van der Waals surface area contributed by atoms with Crippen molar-refractivity contribution in [3.8, 4) is 5.75 Å². The van der Waals surface area contributed by atoms with Crippen molar-refractivity contribution in [3.05, 3.63) is 64.7 Å². The first-order valence-corrected chi connectivity index (χ1v) is 10.0. The van der Waals surface area contributed by atoms with Crippen molar-refractivity contribution in [2.24, 2.45) is 0 Å². The smallest absolute Gasteiger partial charge is 0.234 e. The largest absolute Gasteiger partial charge is 0.494 e. The highest BCUT2D eigenvalue weighted by molar-refractivity contribution is 5.79. The molecule has 2 aromatic rings. The molecular formula is C23H28N2O2. The van der Waals surface area contributed by atoms with Gasteiger partial charge in [0.1, 0.15) is 5.75 Å². The summed E-state index contributed by atoms with van der Waals surface area (Å²) < 4.78 is 5.93. The summed E-state index contributed by atoms with van der Waals surface area (Å²) in [5.74, 6) is 1.10. The van der Waals surface area contributed by atoms with E-state index in [9.17, 15) is 4.79 Å². The number of piperazine rings is 1. The van der Waals surface area contributed by atoms with Crippen LogP contribution in [0.3, 0.4) is 0 Å². The van der Waals surface area contributed by atoms with Gasteiger partial charge in [0.05, 0.1) is 13.2 Å². The van der Waals surface area contributed by atoms with Crippen LogP contribution in [0.25, 0.3) is 0 Å². The van der Waals surface area contributed by atoms with Gasteiger partial charge in [0.25, 0.3) is 0 Å². The fourth-order valence-electron chi connectivity index (χ4n) is 4.34. The molecule has 1 fully saturated rings. The average molecular weight is 364 g/mol. The lowest BCUT2D eigenvalue weighted by molar-refractivity contribution is -0.125. The van der Waals surface area contributed by atoms with Crippen molar-refractivity contribution >= 4 is 5.91 Å². The Morgan fingerprint density at radius 1 is 1.15 bits per heavy atom. The zero-order valence-corrected chi connectivity index (χ0v) is 16.0. The van der Waals surface area contributed by atoms with Crippen molar-refractivity contribution in [2.75, 3.05) is 19.7 Å². The van der Waals surface area contributed by atoms with Crippen LogP contribution >= 0.6 is 0 Å². The molecule has 4 rings (SSSR count). The van der Waals surface area contributed by atoms with Crippen LogP contribution in [0.4, 0.5) is 0 Å². The number of hydrogen-bond donors (Lipinski definition) is 1. The normalized spacial score (nSPS) is 19.6. The summed E-state index contributed by atoms with van der Waals surface area (Å²) in [6.45, 7) is 4.78. The molecule has 27 heavy (non-hydrogen) atoms. The van der Waals surface area contributed by atoms with Crippen LogP contribution in [-0.4, -0.2) is 36.5 Å². The summed E-state index contributed by atoms with van der Waals surface area (Å²) in [4.78, 5) is 14.5. The van der Waals surface area contributed by atoms with Gasteiger partial charge in [0.2, 0.25) is 5.91 Å². The molecule has 4 nitrogen and oxygen atoms in total. The van der Waals surface area contributed by atoms with E-state index in [1.54, 1.807) is 0 Å². The van der Waals surface area contributed by atoms with Gasteiger partial charge in [0.15, 0.2) is 0 Å². The lowest BCUT2D eigenvalue weighted by Crippen LogP contribution is -2.54. The molecule has 142 valence electrons. The second kappa shape index (κ2) is 8.13. The molecule has 4 heteroatoms. The molecule has 0 spiro atoms. The highest BCUT2D eigenvalue weighted by Crippen LogP contribution is 2.31. The minimum absolute atomic E-state index is 0.112. The molecule has 1 heterocycles. The number of benzene rings is 2. The Balaban J connectivity index is 1.49. The van der Waals surface area contributed by atoms with Gasteiger partial charge in [-0.05, 0) is 55.4 Å². The Labute approximate surface area is 161 Å². The zero-order chi connectivity index (χ0) is 18.6. The minimum atomic E-state index is 0.112. The fourth-order valence-corrected chi connectivity index (χ4v) is 4.34. The van der Waals surface area contributed by atoms with Gasteiger partial charge >= 0.3 is 0 Å². The van der Waals surface area contributed by atoms with E-state index in [1.807, 2.05) is 13.0 Å². The number of hydrogen-bond acceptors (Lipinski definition) is 3. The van der Waals surface area contributed by atoms with Crippen LogP contribution in [-0.2, 0) is 30.6 Å². The third kappa shape index (κ3) is 4.33. The van der Waals surface area contributed by atoms with Gasteiger partial charge in [-0.1, -0.05) is 36.4 Å². The van der Waals surface area contributed by atoms with Gasteiger partial charge in [-0.2, -0.15) is 0 Å². The first-order chi connectivity index (χ1) is 13.2. The predicted molar refractivity (Wildman–Crippen MR) is 107 cm³/mol. The second-order valence-electron chi connectivity index (χ2n) is 7.64. The molecule has 1 amide bonds. The van der Waals surface area contributed by atoms with Crippen LogP contribution in [0.15, 0.2) is 42.5 Å². The van der Waals surface area contributed by atoms with Gasteiger partial charge in [-0.25, -0.2) is 0 Å². The summed E-state index contributed by atoms with van der Waals surface area (Å²) >= 11 is 0. The SMILES string of the molecule is CCOc1cc2c(cc1CN1CC(=O)N[C@@H](Cc3ccccc3)C1)CCC2. The summed E-state index contributed by atoms with van der Waals surface area (Å²) in [6.07, 6.45) is 4.41. The van der Waals surface area contributed by atoms with Gasteiger partial charge in [0, 0.05) is 24.7 Å². The molecule has 2 aromatic carbocycles. The molecule has 0 radical (unpaired) electrons. The third-order valence-corrected chi connectivity index (χ3v) is 5.50. The highest BCUT2D eigenvalue weighted by atomic mass is 16.5. The molecule has 1 aliphatic carbocycles. The van der Waals surface area contributed by atoms with E-state index in [-0.39, 0.29) is 11.9 Å². The maximum absolute atomic E-state index is 12.3. The first-order valence-electron chi connectivity index (χ1n) is 10.0. The zero-order valence-electron chi connectivity index (χ0n) is 16.0. The number of nitrogens with one attached hydrogen (secondary N) is 1. The van der Waals surface area contributed by atoms with Crippen LogP contribution in [0, 0.1) is 0 Å². The molecule has 0 unspecified atom stereocenters. The summed E-state index contributed by atoms with van der Waals surface area (Å²) in [5.41, 5.74) is 5.36. The Kier molecular flexibility index (Phi) is 5.44. The quantitative estimate of drug-likeness (QED) is 0.856. The monoisotopic (exact) mass is 364 g/mol. The van der Waals surface area contributed by atoms with Crippen LogP contribution < -0.4 is 10.1 Å². The lowest BCUT2D eigenvalue weighted by atomic mass is 10.0. The fraction of sp³-hybridized carbons (Fsp3) is 0.435. The van der Waals surface area contributed by atoms with E-state index in [1.165, 1.54) is 28.7 Å². The van der Waals surface area contributed by atoms with E-state index < -0.39 is 0 Å². The molecule has 1 saturated heterocycles. The molecular weight excluding hydrogens is 336 g/mol. The molecule has 0 bridgehead atoms. The van der Waals surface area contributed by atoms with Crippen molar-refractivity contribution in [1.82, 2.24) is 10.2 Å². The molecule has 1 atom stereocenters. The second-order valence-corrected chi connectivity index (χ2v) is 7.64. The Morgan fingerprint density at radius 3 is 2.70 bits per heavy atom. The maximum atomic E-state index is 12.3. The van der Waals surface area contributed by atoms with Crippen LogP contribution in [0.5, 0.6) is 5.75 Å². The highest BCUT2D eigenvalue weighted by Gasteiger charge is 2.26. The van der Waals surface area contributed by atoms with E-state index in [0.717, 1.165) is 38.1 Å². The topological polar surface area (TPSA) is 41.6 Å². The summed E-state index contributed by atoms with van der Waals surface area (Å²) in [7, 11) is 0. The number of carbonyl (C=O) groups is 1. The van der Waals surface area contributed by atoms with Crippen molar-refractivity contribution in [2.45, 2.75) is 45.2 Å². The average Bonchev–Trinajstić information content (AvgIpc) is 3.10. The van der Waals surface area contributed by atoms with Gasteiger partial charge in [-0.3, -0.25) is 9.69 Å². The number of ether oxygens (including phenoxy) is 1. The Morgan fingerprint density at radius 2 is 1.93 bits per heavy atom. The number of aryl methyl sites for hydroxylation is 2. The number of carbonyl (C=O) groups excluding carboxylic acids is 1. The van der Waals surface area contributed by atoms with Crippen LogP contribution in [0.1, 0.15) is 35.6 Å². The van der Waals surface area contributed by atoms with Crippen LogP contribution in [0.2, 0.25) is 0 Å². The number of nitrogens with zero attached hydrogens (tertiary/aromatic N) is 1. The first kappa shape index (κ1) is 18.1. The minimum Gasteiger partial charge on any atom is -0.494 e. The molecule has 1 aliphatic heterocycles. The van der Waals surface area contributed by atoms with E-state index in [2.05, 4.69) is 46.6 Å². The van der Waals surface area contributed by atoms with E-state index in [4.69, 9.17) is 4.74 Å². The Bertz CT molecular complexity index is 804. The summed E-state index contributed by atoms with van der Waals surface area (Å²) in [5, 5.41) is 3.15. The third-order valence-electron chi connectivity index (χ3n) is 5.50. The number of fused-ring (bicyclic) bond motifs is 1. The number of amides is 1. The lowest BCUT2D eigenvalue weighted by Gasteiger charge is -2.33. The standard InChI is InChI=1S/C23H28N2O2/c1-2-27-22-13-19-10-6-9-18(19)12-20(22)14-25-15-21(24-23(26)16-25)11-17-7-4-3-5-8-17/h3-5,7-8,12-13,21H,2,6,9-11,14-16H2,1H3,(H,24,26)/t21-/m0/s1. The Hall–Kier alpha value is -2.33. The van der Waals surface area contributed by atoms with Crippen molar-refractivity contribution in [1.29, 1.82) is 0 Å². The van der Waals surface area contributed by atoms with Gasteiger partial charge in [-0.15, -0.1) is 0 Å². The molecule has 0 saturated carbocycles. The predicted octanol–water partition coefficient (Wildman–Crippen LogP) is 3.12. The molecule has 1 N–H and O–H groups in total.